The first-order valence-electron chi connectivity index (χ1n) is 6.17. The molecular formula is C14H18ClFN2. The summed E-state index contributed by atoms with van der Waals surface area (Å²) in [4.78, 5) is 4.46. The maximum absolute atomic E-state index is 13.4. The van der Waals surface area contributed by atoms with E-state index in [1.54, 1.807) is 6.07 Å². The van der Waals surface area contributed by atoms with Crippen LogP contribution in [0.3, 0.4) is 0 Å². The molecule has 0 N–H and O–H groups in total. The molecule has 18 heavy (non-hydrogen) atoms. The minimum absolute atomic E-state index is 0.140. The van der Waals surface area contributed by atoms with E-state index >= 15 is 0 Å². The van der Waals surface area contributed by atoms with Gasteiger partial charge in [0, 0.05) is 6.54 Å². The largest absolute Gasteiger partial charge is 0.326 e. The van der Waals surface area contributed by atoms with Crippen LogP contribution in [0.5, 0.6) is 0 Å². The molecule has 1 heterocycles. The molecule has 0 fully saturated rings. The molecule has 0 radical (unpaired) electrons. The molecule has 2 nitrogen and oxygen atoms in total. The van der Waals surface area contributed by atoms with Gasteiger partial charge in [-0.3, -0.25) is 0 Å². The van der Waals surface area contributed by atoms with E-state index in [-0.39, 0.29) is 11.2 Å². The third-order valence-corrected chi connectivity index (χ3v) is 3.69. The van der Waals surface area contributed by atoms with Gasteiger partial charge in [0.1, 0.15) is 11.6 Å². The van der Waals surface area contributed by atoms with Gasteiger partial charge in [-0.05, 0) is 30.0 Å². The average Bonchev–Trinajstić information content (AvgIpc) is 2.67. The molecule has 0 aliphatic heterocycles. The van der Waals surface area contributed by atoms with Gasteiger partial charge in [0.15, 0.2) is 0 Å². The topological polar surface area (TPSA) is 17.8 Å². The number of imidazole rings is 1. The van der Waals surface area contributed by atoms with Crippen LogP contribution in [0.15, 0.2) is 18.2 Å². The fourth-order valence-electron chi connectivity index (χ4n) is 1.96. The summed E-state index contributed by atoms with van der Waals surface area (Å²) in [5.41, 5.74) is 1.77. The number of rotatable bonds is 4. The lowest BCUT2D eigenvalue weighted by molar-refractivity contribution is 0.295. The molecule has 0 aliphatic rings. The van der Waals surface area contributed by atoms with E-state index in [4.69, 9.17) is 11.6 Å². The number of benzene rings is 1. The normalized spacial score (nSPS) is 12.3. The molecule has 1 aromatic carbocycles. The molecule has 0 atom stereocenters. The Morgan fingerprint density at radius 1 is 1.39 bits per heavy atom. The van der Waals surface area contributed by atoms with Crippen molar-refractivity contribution < 1.29 is 4.39 Å². The second kappa shape index (κ2) is 4.88. The van der Waals surface area contributed by atoms with Crippen molar-refractivity contribution in [3.05, 3.63) is 29.8 Å². The monoisotopic (exact) mass is 268 g/mol. The highest BCUT2D eigenvalue weighted by molar-refractivity contribution is 6.16. The second-order valence-electron chi connectivity index (χ2n) is 5.40. The SMILES string of the molecule is CCC(C)(C)Cn1c(CCl)nc2ccc(F)cc21. The van der Waals surface area contributed by atoms with Crippen LogP contribution < -0.4 is 0 Å². The molecule has 0 unspecified atom stereocenters. The highest BCUT2D eigenvalue weighted by atomic mass is 35.5. The summed E-state index contributed by atoms with van der Waals surface area (Å²) in [7, 11) is 0. The van der Waals surface area contributed by atoms with Gasteiger partial charge in [0.2, 0.25) is 0 Å². The second-order valence-corrected chi connectivity index (χ2v) is 5.67. The van der Waals surface area contributed by atoms with Gasteiger partial charge < -0.3 is 4.57 Å². The van der Waals surface area contributed by atoms with Crippen LogP contribution in [-0.4, -0.2) is 9.55 Å². The predicted molar refractivity (Wildman–Crippen MR) is 73.3 cm³/mol. The number of alkyl halides is 1. The van der Waals surface area contributed by atoms with Crippen molar-refractivity contribution in [2.24, 2.45) is 5.41 Å². The predicted octanol–water partition coefficient (Wildman–Crippen LogP) is 4.35. The molecule has 0 saturated carbocycles. The molecule has 0 saturated heterocycles. The van der Waals surface area contributed by atoms with Crippen molar-refractivity contribution in [3.63, 3.8) is 0 Å². The number of halogens is 2. The Bertz CT molecular complexity index is 560. The Morgan fingerprint density at radius 3 is 2.72 bits per heavy atom. The van der Waals surface area contributed by atoms with E-state index < -0.39 is 0 Å². The number of hydrogen-bond donors (Lipinski definition) is 0. The summed E-state index contributed by atoms with van der Waals surface area (Å²) in [6, 6.07) is 4.67. The van der Waals surface area contributed by atoms with Crippen molar-refractivity contribution in [1.82, 2.24) is 9.55 Å². The zero-order valence-corrected chi connectivity index (χ0v) is 11.8. The molecule has 4 heteroatoms. The number of fused-ring (bicyclic) bond motifs is 1. The van der Waals surface area contributed by atoms with E-state index in [1.165, 1.54) is 12.1 Å². The standard InChI is InChI=1S/C14H18ClFN2/c1-4-14(2,3)9-18-12-7-10(16)5-6-11(12)17-13(18)8-15/h5-7H,4,8-9H2,1-3H3. The number of aromatic nitrogens is 2. The fraction of sp³-hybridized carbons (Fsp3) is 0.500. The van der Waals surface area contributed by atoms with Gasteiger partial charge >= 0.3 is 0 Å². The summed E-state index contributed by atoms with van der Waals surface area (Å²) in [5.74, 6) is 0.911. The van der Waals surface area contributed by atoms with E-state index in [9.17, 15) is 4.39 Å². The quantitative estimate of drug-likeness (QED) is 0.754. The molecular weight excluding hydrogens is 251 g/mol. The molecule has 1 aromatic heterocycles. The molecule has 0 amide bonds. The molecule has 98 valence electrons. The highest BCUT2D eigenvalue weighted by Gasteiger charge is 2.20. The Labute approximate surface area is 112 Å². The lowest BCUT2D eigenvalue weighted by Crippen LogP contribution is -2.20. The number of hydrogen-bond acceptors (Lipinski definition) is 1. The van der Waals surface area contributed by atoms with Crippen molar-refractivity contribution in [2.45, 2.75) is 39.6 Å². The third kappa shape index (κ3) is 2.51. The first-order valence-corrected chi connectivity index (χ1v) is 6.71. The van der Waals surface area contributed by atoms with Gasteiger partial charge in [-0.2, -0.15) is 0 Å². The molecule has 2 rings (SSSR count). The number of nitrogens with zero attached hydrogens (tertiary/aromatic N) is 2. The average molecular weight is 269 g/mol. The maximum Gasteiger partial charge on any atom is 0.125 e. The first-order chi connectivity index (χ1) is 8.46. The zero-order valence-electron chi connectivity index (χ0n) is 11.0. The van der Waals surface area contributed by atoms with Crippen LogP contribution in [0, 0.1) is 11.2 Å². The summed E-state index contributed by atoms with van der Waals surface area (Å²) in [6.07, 6.45) is 1.05. The maximum atomic E-state index is 13.4. The Kier molecular flexibility index (Phi) is 3.62. The summed E-state index contributed by atoms with van der Waals surface area (Å²) in [5, 5.41) is 0. The van der Waals surface area contributed by atoms with Gasteiger partial charge in [-0.15, -0.1) is 11.6 Å². The van der Waals surface area contributed by atoms with Gasteiger partial charge in [-0.1, -0.05) is 20.8 Å². The van der Waals surface area contributed by atoms with Gasteiger partial charge in [0.05, 0.1) is 16.9 Å². The van der Waals surface area contributed by atoms with Crippen LogP contribution in [0.1, 0.15) is 33.0 Å². The minimum Gasteiger partial charge on any atom is -0.326 e. The molecule has 0 spiro atoms. The summed E-state index contributed by atoms with van der Waals surface area (Å²) in [6.45, 7) is 7.33. The summed E-state index contributed by atoms with van der Waals surface area (Å²) < 4.78 is 15.4. The molecule has 2 aromatic rings. The van der Waals surface area contributed by atoms with Crippen LogP contribution >= 0.6 is 11.6 Å². The van der Waals surface area contributed by atoms with Crippen molar-refractivity contribution in [2.75, 3.05) is 0 Å². The van der Waals surface area contributed by atoms with Gasteiger partial charge in [-0.25, -0.2) is 9.37 Å². The van der Waals surface area contributed by atoms with E-state index in [0.29, 0.717) is 5.88 Å². The smallest absolute Gasteiger partial charge is 0.125 e. The lowest BCUT2D eigenvalue weighted by atomic mass is 9.90. The van der Waals surface area contributed by atoms with Crippen LogP contribution in [0.25, 0.3) is 11.0 Å². The molecule has 0 aliphatic carbocycles. The van der Waals surface area contributed by atoms with E-state index in [0.717, 1.165) is 29.8 Å². The van der Waals surface area contributed by atoms with Crippen LogP contribution in [0.2, 0.25) is 0 Å². The van der Waals surface area contributed by atoms with Crippen LogP contribution in [-0.2, 0) is 12.4 Å². The van der Waals surface area contributed by atoms with Crippen molar-refractivity contribution >= 4 is 22.6 Å². The molecule has 0 bridgehead atoms. The summed E-state index contributed by atoms with van der Waals surface area (Å²) >= 11 is 5.94. The third-order valence-electron chi connectivity index (χ3n) is 3.45. The highest BCUT2D eigenvalue weighted by Crippen LogP contribution is 2.27. The fourth-order valence-corrected chi connectivity index (χ4v) is 2.17. The first kappa shape index (κ1) is 13.3. The Hall–Kier alpha value is -1.09. The Morgan fingerprint density at radius 2 is 2.11 bits per heavy atom. The minimum atomic E-state index is -0.237. The van der Waals surface area contributed by atoms with Crippen molar-refractivity contribution in [1.29, 1.82) is 0 Å². The van der Waals surface area contributed by atoms with Crippen LogP contribution in [0.4, 0.5) is 4.39 Å². The lowest BCUT2D eigenvalue weighted by Gasteiger charge is -2.24. The van der Waals surface area contributed by atoms with E-state index in [1.807, 2.05) is 4.57 Å². The van der Waals surface area contributed by atoms with Gasteiger partial charge in [0.25, 0.3) is 0 Å². The van der Waals surface area contributed by atoms with Crippen molar-refractivity contribution in [3.8, 4) is 0 Å². The Balaban J connectivity index is 2.55. The van der Waals surface area contributed by atoms with E-state index in [2.05, 4.69) is 25.8 Å². The zero-order chi connectivity index (χ0) is 13.3.